The van der Waals surface area contributed by atoms with Crippen molar-refractivity contribution >= 4 is 129 Å². The van der Waals surface area contributed by atoms with Crippen molar-refractivity contribution in [2.45, 2.75) is 244 Å². The number of amides is 16. The van der Waals surface area contributed by atoms with Crippen molar-refractivity contribution in [2.24, 2.45) is 40.9 Å². The summed E-state index contributed by atoms with van der Waals surface area (Å²) in [5.41, 5.74) is 20.8. The minimum absolute atomic E-state index is 0.00181. The molecule has 1 fully saturated rings. The van der Waals surface area contributed by atoms with Gasteiger partial charge in [-0.25, -0.2) is 9.97 Å². The number of nitrogens with one attached hydrogen (secondary N) is 19. The normalized spacial score (nSPS) is 23.6. The average molecular weight is 1910 g/mol. The number of benzene rings is 3. The number of aromatic nitrogens is 5. The van der Waals surface area contributed by atoms with E-state index in [1.165, 1.54) is 45.9 Å². The van der Waals surface area contributed by atoms with E-state index in [2.05, 4.69) is 105 Å². The molecule has 740 valence electrons. The number of imidazole rings is 2. The summed E-state index contributed by atoms with van der Waals surface area (Å²) in [6.45, 7) is 17.0. The molecule has 0 saturated carbocycles. The summed E-state index contributed by atoms with van der Waals surface area (Å²) in [6.07, 6.45) is 2.24. The maximum atomic E-state index is 15.5. The van der Waals surface area contributed by atoms with Gasteiger partial charge in [0.1, 0.15) is 90.6 Å². The number of hydrogen-bond donors (Lipinski definition) is 24. The maximum absolute atomic E-state index is 15.5. The Morgan fingerprint density at radius 3 is 1.49 bits per heavy atom. The SMILES string of the molecule is CC(C)C[C@@H]1NC(=O)[C@H](CCCN)NC(=O)[C@@H](CC(C)C)NC(=O)[C@H](C)N(C)C(=O)[C@H](CCCNC(=N)N)NC(=O)[C@H](Cc2ccc(-c3ccccc3)cc2)NC(=O)[C@H](C(C)C)NC(=O)[C@H](Cc2c[nH]c3ccccc23)NC(=O)[C@H](CC(=O)O)NC(=O)[C@H](Cc2cnc[nH]2)NC(=O)[C@H](Cc2cnc[nH]2)NC(=O)CSC[C@@H](C(=O)N[C@@H](C)C(N)=O)NC(=O)[C@H]([C@@H](C)O)NC(=O)[C@H](C(C)C)NC1=O. The van der Waals surface area contributed by atoms with Gasteiger partial charge in [-0.3, -0.25) is 86.9 Å². The monoisotopic (exact) mass is 1910 g/mol. The first-order valence-electron chi connectivity index (χ1n) is 45.1. The van der Waals surface area contributed by atoms with Crippen LogP contribution in [0.4, 0.5) is 0 Å². The molecule has 0 spiro atoms. The van der Waals surface area contributed by atoms with E-state index in [0.717, 1.165) is 23.0 Å². The molecule has 0 bridgehead atoms. The summed E-state index contributed by atoms with van der Waals surface area (Å²) in [7, 11) is 1.28. The summed E-state index contributed by atoms with van der Waals surface area (Å²) in [6, 6.07) is -0.736. The second-order valence-electron chi connectivity index (χ2n) is 35.3. The van der Waals surface area contributed by atoms with Crippen LogP contribution < -0.4 is 97.0 Å². The Hall–Kier alpha value is -13.8. The van der Waals surface area contributed by atoms with Crippen LogP contribution in [-0.4, -0.2) is 275 Å². The number of hydrogen-bond acceptors (Lipinski definition) is 23. The number of aromatic amines is 3. The van der Waals surface area contributed by atoms with E-state index in [1.807, 2.05) is 30.3 Å². The molecule has 1 aliphatic heterocycles. The summed E-state index contributed by atoms with van der Waals surface area (Å²) in [4.78, 5) is 266. The van der Waals surface area contributed by atoms with Gasteiger partial charge in [0.25, 0.3) is 0 Å². The van der Waals surface area contributed by atoms with E-state index in [0.29, 0.717) is 33.8 Å². The third kappa shape index (κ3) is 34.3. The lowest BCUT2D eigenvalue weighted by Crippen LogP contribution is -2.62. The number of nitrogens with zero attached hydrogens (tertiary/aromatic N) is 3. The standard InChI is InChI=1S/C91H131N25O19S/c1-46(2)32-63-79(124)104-61(24-18-30-92)78(123)107-64(33-47(3)4)84(129)114-74(49(7)8)88(133)115-75(52(11)117)89(134)112-70(86(131)102-50(9)76(93)121)42-136-43-71(118)103-67(36-57-40-96-44-100-57)81(126)109-68(37-58-41-97-45-101-58)82(127)110-69(38-72(119)120)83(128)108-66(35-56-39-99-60-23-17-16-22-59(56)60)85(130)113-73(48(5)6)87(132)111-65(34-53-26-28-55(29-27-53)54-20-14-13-15-21-54)80(125)105-62(25-19-31-98-91(94)95)90(135)116(12)51(10)77(122)106-63/h13-17,20-23,26-29,39-41,44-52,61-70,73-75,99,117H,18-19,24-25,30-38,42-43,92H2,1-12H3,(H2,93,121)(H,96,100)(H,97,101)(H,102,131)(H,103,118)(H,104,124)(H,105,125)(H,106,122)(H,107,123)(H,108,128)(H,109,126)(H,110,127)(H,111,132)(H,112,134)(H,113,130)(H,114,129)(H,115,133)(H,119,120)(H4,94,95,98)/t50-,51-,52+,61-,62-,63+,64-,65-,66-,67-,68-,69-,70-,73-,74-,75-/m0/s1. The van der Waals surface area contributed by atoms with Crippen LogP contribution in [0.2, 0.25) is 0 Å². The second kappa shape index (κ2) is 53.3. The number of likely N-dealkylation sites (N-methyl/N-ethyl adjacent to an activating group) is 1. The number of aliphatic carboxylic acids is 1. The van der Waals surface area contributed by atoms with Gasteiger partial charge in [-0.1, -0.05) is 128 Å². The second-order valence-corrected chi connectivity index (χ2v) is 36.3. The first-order chi connectivity index (χ1) is 64.4. The highest BCUT2D eigenvalue weighted by molar-refractivity contribution is 8.00. The van der Waals surface area contributed by atoms with Crippen molar-refractivity contribution in [1.82, 2.24) is 110 Å². The topological polar surface area (TPSA) is 689 Å². The number of para-hydroxylation sites is 1. The van der Waals surface area contributed by atoms with E-state index in [4.69, 9.17) is 22.6 Å². The summed E-state index contributed by atoms with van der Waals surface area (Å²) < 4.78 is 0. The number of carboxylic acid groups (broad SMARTS) is 1. The summed E-state index contributed by atoms with van der Waals surface area (Å²) >= 11 is 0.706. The summed E-state index contributed by atoms with van der Waals surface area (Å²) in [5, 5.41) is 69.4. The Bertz CT molecular complexity index is 5090. The van der Waals surface area contributed by atoms with Crippen molar-refractivity contribution in [3.05, 3.63) is 133 Å². The van der Waals surface area contributed by atoms with Gasteiger partial charge in [-0.05, 0) is 118 Å². The van der Waals surface area contributed by atoms with Crippen molar-refractivity contribution in [2.75, 3.05) is 31.6 Å². The largest absolute Gasteiger partial charge is 0.481 e. The smallest absolute Gasteiger partial charge is 0.305 e. The van der Waals surface area contributed by atoms with Crippen LogP contribution in [0.5, 0.6) is 0 Å². The number of fused-ring (bicyclic) bond motifs is 1. The van der Waals surface area contributed by atoms with Crippen LogP contribution in [0.3, 0.4) is 0 Å². The average Bonchev–Trinajstić information content (AvgIpc) is 1.32. The van der Waals surface area contributed by atoms with Gasteiger partial charge in [0.15, 0.2) is 5.96 Å². The highest BCUT2D eigenvalue weighted by Crippen LogP contribution is 2.24. The Kier molecular flexibility index (Phi) is 42.8. The molecule has 136 heavy (non-hydrogen) atoms. The number of carbonyl (C=O) groups excluding carboxylic acids is 16. The zero-order chi connectivity index (χ0) is 100. The molecule has 27 N–H and O–H groups in total. The zero-order valence-electron chi connectivity index (χ0n) is 78.4. The number of aliphatic hydroxyl groups excluding tert-OH is 1. The Balaban J connectivity index is 1.33. The number of carbonyl (C=O) groups is 17. The zero-order valence-corrected chi connectivity index (χ0v) is 79.2. The number of aliphatic hydroxyl groups is 1. The lowest BCUT2D eigenvalue weighted by Gasteiger charge is -2.32. The number of nitrogens with two attached hydrogens (primary N) is 3. The molecule has 0 unspecified atom stereocenters. The number of H-pyrrole nitrogens is 3. The van der Waals surface area contributed by atoms with Gasteiger partial charge >= 0.3 is 5.97 Å². The van der Waals surface area contributed by atoms with Gasteiger partial charge in [-0.2, -0.15) is 0 Å². The van der Waals surface area contributed by atoms with Crippen molar-refractivity contribution in [3.63, 3.8) is 0 Å². The van der Waals surface area contributed by atoms with Crippen LogP contribution >= 0.6 is 11.8 Å². The predicted molar refractivity (Wildman–Crippen MR) is 504 cm³/mol. The molecule has 16 atom stereocenters. The molecule has 44 nitrogen and oxygen atoms in total. The predicted octanol–water partition coefficient (Wildman–Crippen LogP) is -2.30. The molecule has 16 amide bonds. The lowest BCUT2D eigenvalue weighted by atomic mass is 9.98. The molecule has 1 saturated heterocycles. The van der Waals surface area contributed by atoms with Gasteiger partial charge < -0.3 is 127 Å². The van der Waals surface area contributed by atoms with E-state index < -0.39 is 239 Å². The third-order valence-electron chi connectivity index (χ3n) is 22.5. The molecule has 3 aromatic carbocycles. The summed E-state index contributed by atoms with van der Waals surface area (Å²) in [5.74, 6) is -21.4. The number of carboxylic acids is 1. The molecule has 3 aromatic heterocycles. The Labute approximate surface area is 791 Å². The van der Waals surface area contributed by atoms with Gasteiger partial charge in [0.05, 0.1) is 30.9 Å². The minimum Gasteiger partial charge on any atom is -0.481 e. The highest BCUT2D eigenvalue weighted by Gasteiger charge is 2.42. The quantitative estimate of drug-likeness (QED) is 0.0140. The molecule has 1 aliphatic rings. The fraction of sp³-hybridized carbons (Fsp3) is 0.516. The number of thioether (sulfide) groups is 1. The van der Waals surface area contributed by atoms with E-state index in [-0.39, 0.29) is 94.1 Å². The van der Waals surface area contributed by atoms with Gasteiger partial charge in [-0.15, -0.1) is 11.8 Å². The fourth-order valence-corrected chi connectivity index (χ4v) is 15.7. The molecule has 45 heteroatoms. The van der Waals surface area contributed by atoms with E-state index >= 15 is 28.8 Å². The van der Waals surface area contributed by atoms with Crippen LogP contribution in [0.25, 0.3) is 22.0 Å². The third-order valence-corrected chi connectivity index (χ3v) is 23.6. The Morgan fingerprint density at radius 1 is 0.507 bits per heavy atom. The first kappa shape index (κ1) is 109. The highest BCUT2D eigenvalue weighted by atomic mass is 32.2. The molecule has 0 radical (unpaired) electrons. The Morgan fingerprint density at radius 2 is 0.956 bits per heavy atom. The minimum atomic E-state index is -2.06. The van der Waals surface area contributed by atoms with Crippen LogP contribution in [0.15, 0.2) is 110 Å². The van der Waals surface area contributed by atoms with Crippen LogP contribution in [0.1, 0.15) is 144 Å². The van der Waals surface area contributed by atoms with Crippen molar-refractivity contribution in [1.29, 1.82) is 5.41 Å². The number of guanidine groups is 1. The molecule has 4 heterocycles. The van der Waals surface area contributed by atoms with Gasteiger partial charge in [0.2, 0.25) is 94.5 Å². The van der Waals surface area contributed by atoms with Gasteiger partial charge in [0, 0.05) is 85.9 Å². The number of primary amides is 1. The maximum Gasteiger partial charge on any atom is 0.305 e. The first-order valence-corrected chi connectivity index (χ1v) is 46.3. The van der Waals surface area contributed by atoms with Crippen molar-refractivity contribution in [3.8, 4) is 11.1 Å². The van der Waals surface area contributed by atoms with E-state index in [9.17, 15) is 63.0 Å². The van der Waals surface area contributed by atoms with Crippen LogP contribution in [0, 0.1) is 29.1 Å². The molecular weight excluding hydrogens is 1780 g/mol. The molecule has 0 aliphatic carbocycles. The van der Waals surface area contributed by atoms with E-state index in [1.54, 1.807) is 110 Å². The molecule has 7 rings (SSSR count). The van der Waals surface area contributed by atoms with Crippen molar-refractivity contribution < 1.29 is 91.7 Å². The van der Waals surface area contributed by atoms with Crippen LogP contribution in [-0.2, 0) is 107 Å². The fourth-order valence-electron chi connectivity index (χ4n) is 14.8. The number of rotatable bonds is 28. The molecule has 6 aromatic rings. The lowest BCUT2D eigenvalue weighted by molar-refractivity contribution is -0.143. The molecular formula is C91H131N25O19S.